The van der Waals surface area contributed by atoms with Crippen LogP contribution in [0.5, 0.6) is 0 Å². The van der Waals surface area contributed by atoms with Crippen molar-refractivity contribution in [3.05, 3.63) is 304 Å². The highest BCUT2D eigenvalue weighted by atomic mass is 15.1. The van der Waals surface area contributed by atoms with E-state index in [2.05, 4.69) is 241 Å². The van der Waals surface area contributed by atoms with Gasteiger partial charge < -0.3 is 4.90 Å². The lowest BCUT2D eigenvalue weighted by Gasteiger charge is -2.36. The maximum atomic E-state index is 9.95. The fraction of sp³-hybridized carbons (Fsp3) is 0.0312. The maximum Gasteiger partial charge on any atom is 0.0991 e. The summed E-state index contributed by atoms with van der Waals surface area (Å²) in [6.45, 7) is 0. The molecule has 0 aliphatic heterocycles. The minimum atomic E-state index is -0.774. The highest BCUT2D eigenvalue weighted by molar-refractivity contribution is 6.00. The van der Waals surface area contributed by atoms with Crippen molar-refractivity contribution in [2.75, 3.05) is 4.90 Å². The first-order valence-electron chi connectivity index (χ1n) is 22.7. The summed E-state index contributed by atoms with van der Waals surface area (Å²) in [5.74, 6) is 0. The molecule has 10 aromatic carbocycles. The molecular formula is C64H41N3. The fourth-order valence-electron chi connectivity index (χ4n) is 11.4. The number of nitrogens with zero attached hydrogens (tertiary/aromatic N) is 3. The average Bonchev–Trinajstić information content (AvgIpc) is 3.88. The number of hydrogen-bond donors (Lipinski definition) is 0. The van der Waals surface area contributed by atoms with Crippen molar-refractivity contribution in [2.45, 2.75) is 10.8 Å². The maximum absolute atomic E-state index is 9.95. The second kappa shape index (κ2) is 15.9. The first kappa shape index (κ1) is 39.6. The molecule has 0 amide bonds. The molecule has 0 aromatic heterocycles. The minimum absolute atomic E-state index is 0.597. The van der Waals surface area contributed by atoms with Crippen LogP contribution in [0.3, 0.4) is 0 Å². The Labute approximate surface area is 391 Å². The number of rotatable bonds is 8. The van der Waals surface area contributed by atoms with Crippen molar-refractivity contribution in [3.63, 3.8) is 0 Å². The molecule has 0 heterocycles. The van der Waals surface area contributed by atoms with Gasteiger partial charge in [0.25, 0.3) is 0 Å². The van der Waals surface area contributed by atoms with Crippen LogP contribution >= 0.6 is 0 Å². The molecule has 2 aliphatic rings. The SMILES string of the molecule is N#Cc1ccc(C2(c3ccc(C#N)cc3)c3ccccc3-c3c(N(c4ccc5c(c4)C(c4ccccc4)(c4ccccc4)c4ccccc4-5)c4ccccc4-c4ccccc4)cccc32)cc1. The second-order valence-corrected chi connectivity index (χ2v) is 17.3. The van der Waals surface area contributed by atoms with E-state index in [9.17, 15) is 10.5 Å². The minimum Gasteiger partial charge on any atom is -0.309 e. The molecule has 10 aromatic rings. The van der Waals surface area contributed by atoms with E-state index >= 15 is 0 Å². The van der Waals surface area contributed by atoms with E-state index in [1.165, 1.54) is 33.4 Å². The predicted molar refractivity (Wildman–Crippen MR) is 271 cm³/mol. The first-order chi connectivity index (χ1) is 33.2. The van der Waals surface area contributed by atoms with Crippen molar-refractivity contribution >= 4 is 17.1 Å². The smallest absolute Gasteiger partial charge is 0.0991 e. The standard InChI is InChI=1S/C64H41N3/c65-42-44-31-35-49(36-32-44)63(50-37-33-45(43-66)34-38-50)57-27-14-11-25-55(57)62-58(63)28-16-30-61(62)67(60-29-15-12-23-52(60)46-17-4-1-5-18-46)51-39-40-54-53-24-10-13-26-56(53)64(59(54)41-51,47-19-6-2-7-20-47)48-21-8-3-9-22-48/h1-41H. The summed E-state index contributed by atoms with van der Waals surface area (Å²) in [5, 5.41) is 19.9. The van der Waals surface area contributed by atoms with Gasteiger partial charge in [0.05, 0.1) is 45.5 Å². The van der Waals surface area contributed by atoms with Crippen molar-refractivity contribution in [1.82, 2.24) is 0 Å². The number of anilines is 3. The van der Waals surface area contributed by atoms with Crippen LogP contribution in [-0.4, -0.2) is 0 Å². The lowest BCUT2D eigenvalue weighted by molar-refractivity contribution is 0.767. The second-order valence-electron chi connectivity index (χ2n) is 17.3. The van der Waals surface area contributed by atoms with Crippen LogP contribution < -0.4 is 4.90 Å². The van der Waals surface area contributed by atoms with Gasteiger partial charge in [0, 0.05) is 16.8 Å². The van der Waals surface area contributed by atoms with E-state index in [1.54, 1.807) is 0 Å². The number of para-hydroxylation sites is 1. The summed E-state index contributed by atoms with van der Waals surface area (Å²) < 4.78 is 0. The zero-order valence-electron chi connectivity index (χ0n) is 36.5. The molecule has 0 radical (unpaired) electrons. The van der Waals surface area contributed by atoms with Crippen LogP contribution in [0.1, 0.15) is 55.6 Å². The molecule has 0 atom stereocenters. The molecule has 0 fully saturated rings. The largest absolute Gasteiger partial charge is 0.309 e. The molecule has 3 nitrogen and oxygen atoms in total. The van der Waals surface area contributed by atoms with Gasteiger partial charge in [-0.25, -0.2) is 0 Å². The molecule has 12 rings (SSSR count). The van der Waals surface area contributed by atoms with Crippen LogP contribution in [0.4, 0.5) is 17.1 Å². The number of hydrogen-bond acceptors (Lipinski definition) is 3. The van der Waals surface area contributed by atoms with Crippen LogP contribution in [-0.2, 0) is 10.8 Å². The van der Waals surface area contributed by atoms with Crippen molar-refractivity contribution in [2.24, 2.45) is 0 Å². The summed E-state index contributed by atoms with van der Waals surface area (Å²) >= 11 is 0. The Morgan fingerprint density at radius 2 is 0.746 bits per heavy atom. The highest BCUT2D eigenvalue weighted by Crippen LogP contribution is 2.61. The molecule has 0 N–H and O–H groups in total. The van der Waals surface area contributed by atoms with Crippen LogP contribution in [0.15, 0.2) is 249 Å². The zero-order valence-corrected chi connectivity index (χ0v) is 36.5. The monoisotopic (exact) mass is 851 g/mol. The fourth-order valence-corrected chi connectivity index (χ4v) is 11.4. The lowest BCUT2D eigenvalue weighted by Crippen LogP contribution is -2.29. The normalized spacial score (nSPS) is 13.3. The van der Waals surface area contributed by atoms with Gasteiger partial charge in [-0.2, -0.15) is 10.5 Å². The molecule has 0 saturated heterocycles. The van der Waals surface area contributed by atoms with E-state index in [0.717, 1.165) is 61.6 Å². The van der Waals surface area contributed by atoms with Gasteiger partial charge in [-0.3, -0.25) is 0 Å². The summed E-state index contributed by atoms with van der Waals surface area (Å²) in [5.41, 5.74) is 19.1. The molecule has 312 valence electrons. The highest BCUT2D eigenvalue weighted by Gasteiger charge is 2.49. The Hall–Kier alpha value is -9.02. The van der Waals surface area contributed by atoms with E-state index < -0.39 is 10.8 Å². The third kappa shape index (κ3) is 5.89. The summed E-state index contributed by atoms with van der Waals surface area (Å²) in [6.07, 6.45) is 0. The molecule has 0 bridgehead atoms. The van der Waals surface area contributed by atoms with E-state index in [-0.39, 0.29) is 0 Å². The van der Waals surface area contributed by atoms with Gasteiger partial charge in [-0.05, 0) is 115 Å². The topological polar surface area (TPSA) is 50.8 Å². The third-order valence-corrected chi connectivity index (χ3v) is 14.1. The van der Waals surface area contributed by atoms with Crippen LogP contribution in [0.25, 0.3) is 33.4 Å². The Morgan fingerprint density at radius 3 is 1.34 bits per heavy atom. The van der Waals surface area contributed by atoms with Gasteiger partial charge in [-0.1, -0.05) is 200 Å². The van der Waals surface area contributed by atoms with E-state index in [0.29, 0.717) is 11.1 Å². The molecular weight excluding hydrogens is 811 g/mol. The molecule has 2 aliphatic carbocycles. The van der Waals surface area contributed by atoms with Crippen LogP contribution in [0.2, 0.25) is 0 Å². The Kier molecular flexibility index (Phi) is 9.39. The Balaban J connectivity index is 1.19. The number of benzene rings is 10. The zero-order chi connectivity index (χ0) is 45.0. The molecule has 3 heteroatoms. The van der Waals surface area contributed by atoms with E-state index in [4.69, 9.17) is 0 Å². The van der Waals surface area contributed by atoms with Crippen molar-refractivity contribution in [1.29, 1.82) is 10.5 Å². The van der Waals surface area contributed by atoms with Gasteiger partial charge in [-0.15, -0.1) is 0 Å². The summed E-state index contributed by atoms with van der Waals surface area (Å²) in [4.78, 5) is 2.48. The summed E-state index contributed by atoms with van der Waals surface area (Å²) in [7, 11) is 0. The third-order valence-electron chi connectivity index (χ3n) is 14.1. The Morgan fingerprint density at radius 1 is 0.313 bits per heavy atom. The molecule has 67 heavy (non-hydrogen) atoms. The Bertz CT molecular complexity index is 3480. The van der Waals surface area contributed by atoms with Crippen molar-refractivity contribution < 1.29 is 0 Å². The molecule has 0 unspecified atom stereocenters. The van der Waals surface area contributed by atoms with Crippen LogP contribution in [0, 0.1) is 22.7 Å². The van der Waals surface area contributed by atoms with E-state index in [1.807, 2.05) is 24.3 Å². The molecule has 0 saturated carbocycles. The van der Waals surface area contributed by atoms with Gasteiger partial charge >= 0.3 is 0 Å². The lowest BCUT2D eigenvalue weighted by atomic mass is 9.67. The number of nitriles is 2. The predicted octanol–water partition coefficient (Wildman–Crippen LogP) is 15.3. The molecule has 0 spiro atoms. The first-order valence-corrected chi connectivity index (χ1v) is 22.7. The van der Waals surface area contributed by atoms with Gasteiger partial charge in [0.15, 0.2) is 0 Å². The number of fused-ring (bicyclic) bond motifs is 6. The van der Waals surface area contributed by atoms with Crippen molar-refractivity contribution in [3.8, 4) is 45.5 Å². The summed E-state index contributed by atoms with van der Waals surface area (Å²) in [6, 6.07) is 93.6. The average molecular weight is 852 g/mol. The van der Waals surface area contributed by atoms with Gasteiger partial charge in [0.1, 0.15) is 0 Å². The quantitative estimate of drug-likeness (QED) is 0.153. The van der Waals surface area contributed by atoms with Gasteiger partial charge in [0.2, 0.25) is 0 Å².